The molecule has 0 heterocycles. The zero-order valence-electron chi connectivity index (χ0n) is 12.8. The average molecular weight is 348 g/mol. The van der Waals surface area contributed by atoms with E-state index in [2.05, 4.69) is 0 Å². The quantitative estimate of drug-likeness (QED) is 0.478. The van der Waals surface area contributed by atoms with Gasteiger partial charge in [-0.05, 0) is 12.8 Å². The molecule has 0 radical (unpaired) electrons. The van der Waals surface area contributed by atoms with Gasteiger partial charge in [0.25, 0.3) is 0 Å². The van der Waals surface area contributed by atoms with Crippen LogP contribution in [0.3, 0.4) is 0 Å². The van der Waals surface area contributed by atoms with Crippen molar-refractivity contribution in [3.05, 3.63) is 32.4 Å². The number of hydrogen-bond acceptors (Lipinski definition) is 8. The van der Waals surface area contributed by atoms with Gasteiger partial charge in [-0.2, -0.15) is 0 Å². The Kier molecular flexibility index (Phi) is 6.27. The number of nitro groups is 2. The van der Waals surface area contributed by atoms with Crippen LogP contribution in [0.2, 0.25) is 0 Å². The third kappa shape index (κ3) is 4.51. The van der Waals surface area contributed by atoms with Gasteiger partial charge in [-0.25, -0.2) is 5.14 Å². The summed E-state index contributed by atoms with van der Waals surface area (Å²) in [7, 11) is -3.81. The Morgan fingerprint density at radius 1 is 1.09 bits per heavy atom. The molecule has 10 nitrogen and oxygen atoms in total. The van der Waals surface area contributed by atoms with E-state index < -0.39 is 36.9 Å². The molecule has 11 heteroatoms. The molecule has 130 valence electrons. The minimum Gasteiger partial charge on any atom is -0.360 e. The monoisotopic (exact) mass is 348 g/mol. The van der Waals surface area contributed by atoms with Crippen molar-refractivity contribution in [3.63, 3.8) is 0 Å². The Morgan fingerprint density at radius 3 is 1.74 bits per heavy atom. The van der Waals surface area contributed by atoms with Gasteiger partial charge in [0.15, 0.2) is 5.69 Å². The van der Waals surface area contributed by atoms with Crippen LogP contribution in [0.1, 0.15) is 26.7 Å². The van der Waals surface area contributed by atoms with Gasteiger partial charge in [0, 0.05) is 25.2 Å². The van der Waals surface area contributed by atoms with E-state index in [0.717, 1.165) is 12.1 Å². The van der Waals surface area contributed by atoms with Gasteiger partial charge in [0.1, 0.15) is 0 Å². The molecule has 1 aromatic rings. The van der Waals surface area contributed by atoms with Crippen LogP contribution >= 0.6 is 10.8 Å². The molecule has 0 amide bonds. The number of nitrogens with two attached hydrogens (primary N) is 1. The van der Waals surface area contributed by atoms with E-state index in [4.69, 9.17) is 5.14 Å². The molecule has 0 aliphatic rings. The molecule has 1 aromatic carbocycles. The number of benzene rings is 1. The molecule has 0 atom stereocenters. The Morgan fingerprint density at radius 2 is 1.48 bits per heavy atom. The maximum absolute atomic E-state index is 11.4. The van der Waals surface area contributed by atoms with Gasteiger partial charge in [-0.1, -0.05) is 13.8 Å². The zero-order valence-corrected chi connectivity index (χ0v) is 13.7. The number of nitrogens with zero attached hydrogens (tertiary/aromatic N) is 3. The van der Waals surface area contributed by atoms with Crippen molar-refractivity contribution in [2.24, 2.45) is 5.14 Å². The fourth-order valence-electron chi connectivity index (χ4n) is 2.23. The Balaban J connectivity index is 3.70. The molecule has 0 aliphatic carbocycles. The van der Waals surface area contributed by atoms with Gasteiger partial charge >= 0.3 is 11.4 Å². The van der Waals surface area contributed by atoms with E-state index in [1.807, 2.05) is 13.8 Å². The van der Waals surface area contributed by atoms with Crippen molar-refractivity contribution < 1.29 is 19.0 Å². The first-order valence-electron chi connectivity index (χ1n) is 6.91. The van der Waals surface area contributed by atoms with Crippen LogP contribution in [0.15, 0.2) is 17.0 Å². The third-order valence-electron chi connectivity index (χ3n) is 3.09. The highest BCUT2D eigenvalue weighted by atomic mass is 32.3. The van der Waals surface area contributed by atoms with Crippen LogP contribution in [-0.2, 0) is 0 Å². The largest absolute Gasteiger partial charge is 0.360 e. The molecule has 0 saturated heterocycles. The molecule has 4 N–H and O–H groups in total. The molecule has 0 bridgehead atoms. The van der Waals surface area contributed by atoms with Crippen LogP contribution in [0, 0.1) is 20.2 Å². The summed E-state index contributed by atoms with van der Waals surface area (Å²) in [6.07, 6.45) is 1.28. The lowest BCUT2D eigenvalue weighted by atomic mass is 10.2. The van der Waals surface area contributed by atoms with E-state index in [-0.39, 0.29) is 5.69 Å². The Bertz CT molecular complexity index is 563. The molecular formula is C12H20N4O6S. The topological polar surface area (TPSA) is 156 Å². The summed E-state index contributed by atoms with van der Waals surface area (Å²) in [6.45, 7) is 4.50. The summed E-state index contributed by atoms with van der Waals surface area (Å²) >= 11 is 0. The van der Waals surface area contributed by atoms with Gasteiger partial charge in [0.05, 0.1) is 14.7 Å². The highest BCUT2D eigenvalue weighted by molar-refractivity contribution is 8.22. The standard InChI is InChI=1S/C12H20N4O6S/c1-3-5-14(6-4-2)12-10(15(17)18)7-9(23(13,21)22)8-11(12)16(19)20/h7-8,21-22H,3-6,13H2,1-2H3. The molecule has 23 heavy (non-hydrogen) atoms. The van der Waals surface area contributed by atoms with Crippen LogP contribution in [0.4, 0.5) is 17.1 Å². The smallest absolute Gasteiger partial charge is 0.301 e. The highest BCUT2D eigenvalue weighted by Gasteiger charge is 2.32. The zero-order chi connectivity index (χ0) is 17.8. The van der Waals surface area contributed by atoms with Gasteiger partial charge in [-0.15, -0.1) is 10.8 Å². The van der Waals surface area contributed by atoms with Crippen molar-refractivity contribution in [1.82, 2.24) is 0 Å². The maximum atomic E-state index is 11.4. The number of nitro benzene ring substituents is 2. The Labute approximate surface area is 134 Å². The molecule has 0 aliphatic heterocycles. The third-order valence-corrected chi connectivity index (χ3v) is 4.02. The maximum Gasteiger partial charge on any atom is 0.301 e. The second-order valence-corrected chi connectivity index (χ2v) is 6.56. The van der Waals surface area contributed by atoms with E-state index >= 15 is 0 Å². The number of rotatable bonds is 8. The minimum absolute atomic E-state index is 0.142. The molecular weight excluding hydrogens is 328 g/mol. The predicted molar refractivity (Wildman–Crippen MR) is 87.8 cm³/mol. The molecule has 0 saturated carbocycles. The molecule has 1 rings (SSSR count). The van der Waals surface area contributed by atoms with E-state index in [9.17, 15) is 29.3 Å². The second kappa shape index (κ2) is 7.55. The van der Waals surface area contributed by atoms with E-state index in [0.29, 0.717) is 25.9 Å². The predicted octanol–water partition coefficient (Wildman–Crippen LogP) is 3.11. The van der Waals surface area contributed by atoms with Crippen molar-refractivity contribution in [2.45, 2.75) is 31.6 Å². The summed E-state index contributed by atoms with van der Waals surface area (Å²) in [5, 5.41) is 27.9. The van der Waals surface area contributed by atoms with Crippen molar-refractivity contribution >= 4 is 27.8 Å². The highest BCUT2D eigenvalue weighted by Crippen LogP contribution is 2.48. The van der Waals surface area contributed by atoms with Crippen LogP contribution < -0.4 is 10.0 Å². The summed E-state index contributed by atoms with van der Waals surface area (Å²) in [4.78, 5) is 22.3. The van der Waals surface area contributed by atoms with Gasteiger partial charge in [-0.3, -0.25) is 29.3 Å². The van der Waals surface area contributed by atoms with Crippen molar-refractivity contribution in [1.29, 1.82) is 0 Å². The summed E-state index contributed by atoms with van der Waals surface area (Å²) in [5.41, 5.74) is -1.28. The van der Waals surface area contributed by atoms with Crippen LogP contribution in [0.5, 0.6) is 0 Å². The lowest BCUT2D eigenvalue weighted by Gasteiger charge is -2.28. The summed E-state index contributed by atoms with van der Waals surface area (Å²) in [5.74, 6) is 0. The Hall–Kier alpha value is -1.95. The molecule has 0 aromatic heterocycles. The molecule has 0 spiro atoms. The fraction of sp³-hybridized carbons (Fsp3) is 0.500. The lowest BCUT2D eigenvalue weighted by Crippen LogP contribution is -2.27. The van der Waals surface area contributed by atoms with Crippen molar-refractivity contribution in [2.75, 3.05) is 18.0 Å². The first kappa shape index (κ1) is 19.1. The second-order valence-electron chi connectivity index (χ2n) is 4.90. The molecule has 0 unspecified atom stereocenters. The average Bonchev–Trinajstić information content (AvgIpc) is 2.44. The first-order valence-corrected chi connectivity index (χ1v) is 8.52. The summed E-state index contributed by atoms with van der Waals surface area (Å²) < 4.78 is 19.0. The minimum atomic E-state index is -3.81. The van der Waals surface area contributed by atoms with Crippen LogP contribution in [-0.4, -0.2) is 32.0 Å². The normalized spacial score (nSPS) is 12.0. The van der Waals surface area contributed by atoms with Crippen LogP contribution in [0.25, 0.3) is 0 Å². The van der Waals surface area contributed by atoms with E-state index in [1.54, 1.807) is 4.90 Å². The van der Waals surface area contributed by atoms with Gasteiger partial charge < -0.3 is 4.90 Å². The van der Waals surface area contributed by atoms with E-state index in [1.165, 1.54) is 0 Å². The fourth-order valence-corrected chi connectivity index (χ4v) is 2.80. The number of hydrogen-bond donors (Lipinski definition) is 3. The van der Waals surface area contributed by atoms with Crippen molar-refractivity contribution in [3.8, 4) is 0 Å². The number of anilines is 1. The van der Waals surface area contributed by atoms with Gasteiger partial charge in [0.2, 0.25) is 0 Å². The molecule has 0 fully saturated rings. The summed E-state index contributed by atoms with van der Waals surface area (Å²) in [6, 6.07) is 1.77. The lowest BCUT2D eigenvalue weighted by molar-refractivity contribution is -0.393. The first-order chi connectivity index (χ1) is 10.6. The SMILES string of the molecule is CCCN(CCC)c1c([N+](=O)[O-])cc(S(N)(O)O)cc1[N+](=O)[O-].